The van der Waals surface area contributed by atoms with Crippen LogP contribution in [0.25, 0.3) is 33.2 Å². The maximum atomic E-state index is 12.9. The first-order valence-electron chi connectivity index (χ1n) is 13.9. The third kappa shape index (κ3) is 6.62. The molecule has 46 heavy (non-hydrogen) atoms. The van der Waals surface area contributed by atoms with Gasteiger partial charge in [-0.1, -0.05) is 18.2 Å². The monoisotopic (exact) mass is 633 g/mol. The van der Waals surface area contributed by atoms with Gasteiger partial charge in [0.15, 0.2) is 5.76 Å². The fraction of sp³-hybridized carbons (Fsp3) is 0.156. The zero-order valence-electron chi connectivity index (χ0n) is 23.9. The average Bonchev–Trinajstić information content (AvgIpc) is 3.72. The van der Waals surface area contributed by atoms with E-state index in [1.54, 1.807) is 0 Å². The molecule has 7 N–H and O–H groups in total. The molecule has 6 aromatic rings. The molecule has 14 heteroatoms. The molecule has 3 aromatic carbocycles. The molecule has 238 valence electrons. The zero-order chi connectivity index (χ0) is 33.0. The molecule has 4 heterocycles. The van der Waals surface area contributed by atoms with E-state index in [0.29, 0.717) is 18.6 Å². The first-order chi connectivity index (χ1) is 22.1. The number of ether oxygens (including phenoxy) is 1. The molecule has 0 spiro atoms. The lowest BCUT2D eigenvalue weighted by Crippen LogP contribution is -2.33. The molecule has 0 amide bonds. The number of nitrogens with zero attached hydrogens (tertiary/aromatic N) is 1. The second-order valence-corrected chi connectivity index (χ2v) is 10.1. The van der Waals surface area contributed by atoms with Crippen molar-refractivity contribution in [1.29, 1.82) is 0 Å². The van der Waals surface area contributed by atoms with Gasteiger partial charge < -0.3 is 39.7 Å². The summed E-state index contributed by atoms with van der Waals surface area (Å²) in [4.78, 5) is 39.0. The molecule has 1 aliphatic rings. The number of para-hydroxylation sites is 1. The van der Waals surface area contributed by atoms with Gasteiger partial charge in [0, 0.05) is 47.0 Å². The third-order valence-electron chi connectivity index (χ3n) is 7.05. The third-order valence-corrected chi connectivity index (χ3v) is 7.05. The van der Waals surface area contributed by atoms with Crippen molar-refractivity contribution >= 4 is 21.9 Å². The smallest absolute Gasteiger partial charge is 0.330 e. The Hall–Kier alpha value is -5.86. The van der Waals surface area contributed by atoms with Gasteiger partial charge in [-0.05, 0) is 43.2 Å². The summed E-state index contributed by atoms with van der Waals surface area (Å²) < 4.78 is 24.5. The fourth-order valence-corrected chi connectivity index (χ4v) is 4.80. The number of nitrogens with one attached hydrogen (secondary N) is 2. The maximum absolute atomic E-state index is 12.9. The van der Waals surface area contributed by atoms with Crippen molar-refractivity contribution in [3.8, 4) is 34.3 Å². The van der Waals surface area contributed by atoms with Crippen LogP contribution in [0.2, 0.25) is 0 Å². The summed E-state index contributed by atoms with van der Waals surface area (Å²) in [6.07, 6.45) is 3.76. The van der Waals surface area contributed by atoms with Crippen LogP contribution in [0.1, 0.15) is 24.6 Å². The number of fused-ring (bicyclic) bond motifs is 2. The highest BCUT2D eigenvalue weighted by Crippen LogP contribution is 2.35. The highest BCUT2D eigenvalue weighted by Gasteiger charge is 2.20. The predicted molar refractivity (Wildman–Crippen MR) is 164 cm³/mol. The van der Waals surface area contributed by atoms with Crippen LogP contribution >= 0.6 is 0 Å². The Labute approximate surface area is 257 Å². The van der Waals surface area contributed by atoms with E-state index in [4.69, 9.17) is 14.3 Å². The van der Waals surface area contributed by atoms with E-state index in [-0.39, 0.29) is 34.8 Å². The van der Waals surface area contributed by atoms with E-state index >= 15 is 0 Å². The molecule has 0 bridgehead atoms. The van der Waals surface area contributed by atoms with E-state index < -0.39 is 40.2 Å². The van der Waals surface area contributed by atoms with Gasteiger partial charge in [0.2, 0.25) is 17.0 Å². The van der Waals surface area contributed by atoms with Crippen LogP contribution in [-0.4, -0.2) is 46.7 Å². The van der Waals surface area contributed by atoms with Crippen molar-refractivity contribution in [2.45, 2.75) is 25.7 Å². The lowest BCUT2D eigenvalue weighted by molar-refractivity contribution is 0.0517. The number of hydrogen-bond donors (Lipinski definition) is 7. The number of aromatic hydroxyl groups is 4. The van der Waals surface area contributed by atoms with E-state index in [1.165, 1.54) is 30.3 Å². The number of halogens is 1. The summed E-state index contributed by atoms with van der Waals surface area (Å²) in [6.45, 7) is 0.655. The normalized spacial score (nSPS) is 14.0. The summed E-state index contributed by atoms with van der Waals surface area (Å²) >= 11 is 0. The average molecular weight is 634 g/mol. The lowest BCUT2D eigenvalue weighted by Gasteiger charge is -2.11. The number of hydrogen-bond acceptors (Lipinski definition) is 10. The molecule has 7 rings (SSSR count). The van der Waals surface area contributed by atoms with E-state index in [1.807, 2.05) is 35.4 Å². The summed E-state index contributed by atoms with van der Waals surface area (Å²) in [5.41, 5.74) is -0.0907. The molecule has 1 atom stereocenters. The zero-order valence-corrected chi connectivity index (χ0v) is 23.9. The number of aliphatic hydroxyl groups excluding tert-OH is 1. The van der Waals surface area contributed by atoms with E-state index in [2.05, 4.69) is 4.98 Å². The van der Waals surface area contributed by atoms with Gasteiger partial charge in [-0.15, -0.1) is 0 Å². The van der Waals surface area contributed by atoms with Gasteiger partial charge >= 0.3 is 5.69 Å². The Bertz CT molecular complexity index is 2180. The van der Waals surface area contributed by atoms with Crippen LogP contribution in [0.15, 0.2) is 91.9 Å². The predicted octanol–water partition coefficient (Wildman–Crippen LogP) is 3.93. The quantitative estimate of drug-likeness (QED) is 0.149. The first kappa shape index (κ1) is 31.6. The van der Waals surface area contributed by atoms with Crippen molar-refractivity contribution in [2.24, 2.45) is 0 Å². The molecule has 1 unspecified atom stereocenters. The Morgan fingerprint density at radius 3 is 2.39 bits per heavy atom. The summed E-state index contributed by atoms with van der Waals surface area (Å²) in [5, 5.41) is 48.2. The Kier molecular flexibility index (Phi) is 9.21. The molecular weight excluding hydrogens is 605 g/mol. The van der Waals surface area contributed by atoms with Crippen LogP contribution in [0.3, 0.4) is 0 Å². The minimum atomic E-state index is -0.996. The number of H-pyrrole nitrogens is 2. The van der Waals surface area contributed by atoms with Gasteiger partial charge in [0.25, 0.3) is 5.56 Å². The Morgan fingerprint density at radius 2 is 1.70 bits per heavy atom. The van der Waals surface area contributed by atoms with Crippen molar-refractivity contribution in [3.63, 3.8) is 0 Å². The molecule has 0 radical (unpaired) electrons. The minimum Gasteiger partial charge on any atom is -0.508 e. The second kappa shape index (κ2) is 13.4. The van der Waals surface area contributed by atoms with Crippen LogP contribution in [0, 0.1) is 5.82 Å². The van der Waals surface area contributed by atoms with Gasteiger partial charge in [0.1, 0.15) is 34.4 Å². The number of benzene rings is 3. The van der Waals surface area contributed by atoms with Crippen molar-refractivity contribution in [2.75, 3.05) is 6.61 Å². The largest absolute Gasteiger partial charge is 0.508 e. The minimum absolute atomic E-state index is 0.0247. The van der Waals surface area contributed by atoms with Crippen LogP contribution in [0.5, 0.6) is 23.0 Å². The van der Waals surface area contributed by atoms with Gasteiger partial charge in [-0.2, -0.15) is 4.39 Å². The second-order valence-electron chi connectivity index (χ2n) is 10.1. The molecule has 0 aliphatic carbocycles. The molecule has 1 saturated heterocycles. The van der Waals surface area contributed by atoms with E-state index in [9.17, 15) is 39.2 Å². The maximum Gasteiger partial charge on any atom is 0.330 e. The van der Waals surface area contributed by atoms with Gasteiger partial charge in [0.05, 0.1) is 12.8 Å². The summed E-state index contributed by atoms with van der Waals surface area (Å²) in [5.74, 6) is -2.47. The highest BCUT2D eigenvalue weighted by molar-refractivity contribution is 5.88. The number of aliphatic hydroxyl groups is 1. The van der Waals surface area contributed by atoms with Gasteiger partial charge in [-0.3, -0.25) is 19.1 Å². The Morgan fingerprint density at radius 1 is 0.957 bits per heavy atom. The van der Waals surface area contributed by atoms with Crippen LogP contribution in [-0.2, 0) is 11.3 Å². The number of rotatable bonds is 3. The SMILES string of the molecule is O=c1[nH]c(=O)n(C2CCCO2)cc1F.O=c1c(O)c(-c2ccc(O)cc2)oc2cc(O)cc(O)c12.OCc1c[nH]c2ccccc12. The summed E-state index contributed by atoms with van der Waals surface area (Å²) in [6, 6.07) is 15.8. The van der Waals surface area contributed by atoms with E-state index in [0.717, 1.165) is 39.7 Å². The standard InChI is InChI=1S/C15H10O6.C9H9NO.C8H9FN2O3/c16-8-3-1-7(2-4-8)15-14(20)13(19)12-10(18)5-9(17)6-11(12)21-15;11-6-7-5-10-9-4-2-1-3-8(7)9;9-5-4-11(6-2-1-3-14-6)8(13)10-7(5)12/h1-6,16-18,20H;1-5,10-11H,6H2;4,6H,1-3H2,(H,10,12,13). The molecule has 1 aliphatic heterocycles. The lowest BCUT2D eigenvalue weighted by atomic mass is 10.1. The molecular formula is C32H28FN3O10. The number of phenolic OH excluding ortho intramolecular Hbond substituents is 3. The number of aromatic nitrogens is 3. The number of aromatic amines is 2. The van der Waals surface area contributed by atoms with Crippen molar-refractivity contribution < 1.29 is 39.1 Å². The molecule has 0 saturated carbocycles. The topological polar surface area (TPSA) is 211 Å². The number of phenols is 3. The first-order valence-corrected chi connectivity index (χ1v) is 13.9. The van der Waals surface area contributed by atoms with Crippen LogP contribution < -0.4 is 16.7 Å². The van der Waals surface area contributed by atoms with Crippen molar-refractivity contribution in [3.05, 3.63) is 115 Å². The van der Waals surface area contributed by atoms with Crippen LogP contribution in [0.4, 0.5) is 4.39 Å². The molecule has 13 nitrogen and oxygen atoms in total. The Balaban J connectivity index is 0.000000144. The van der Waals surface area contributed by atoms with Crippen molar-refractivity contribution in [1.82, 2.24) is 14.5 Å². The molecule has 3 aromatic heterocycles. The fourth-order valence-electron chi connectivity index (χ4n) is 4.80. The summed E-state index contributed by atoms with van der Waals surface area (Å²) in [7, 11) is 0. The highest BCUT2D eigenvalue weighted by atomic mass is 19.1. The van der Waals surface area contributed by atoms with Gasteiger partial charge in [-0.25, -0.2) is 4.79 Å². The molecule has 1 fully saturated rings.